The maximum atomic E-state index is 13.2. The van der Waals surface area contributed by atoms with Crippen LogP contribution in [0, 0.1) is 5.82 Å². The lowest BCUT2D eigenvalue weighted by molar-refractivity contribution is 0.0686. The van der Waals surface area contributed by atoms with Crippen molar-refractivity contribution in [1.29, 1.82) is 0 Å². The van der Waals surface area contributed by atoms with Gasteiger partial charge in [0, 0.05) is 18.5 Å². The summed E-state index contributed by atoms with van der Waals surface area (Å²) in [5.74, 6) is -2.09. The molecule has 0 spiro atoms. The van der Waals surface area contributed by atoms with Crippen molar-refractivity contribution in [3.05, 3.63) is 47.1 Å². The van der Waals surface area contributed by atoms with Crippen LogP contribution in [0.3, 0.4) is 0 Å². The van der Waals surface area contributed by atoms with Gasteiger partial charge < -0.3 is 9.84 Å². The first-order valence-electron chi connectivity index (χ1n) is 4.75. The van der Waals surface area contributed by atoms with Crippen molar-refractivity contribution in [2.45, 2.75) is 0 Å². The quantitative estimate of drug-likeness (QED) is 0.927. The molecule has 0 aliphatic carbocycles. The Morgan fingerprint density at radius 1 is 1.33 bits per heavy atom. The molecular weight excluding hydrogens is 263 g/mol. The SMILES string of the molecule is O=C(O)c1nccnc1Oc1ccc(Cl)c(F)c1. The molecule has 0 bridgehead atoms. The Bertz CT molecular complexity index is 607. The molecule has 5 nitrogen and oxygen atoms in total. The third kappa shape index (κ3) is 2.54. The fraction of sp³-hybridized carbons (Fsp3) is 0. The minimum atomic E-state index is -1.28. The Morgan fingerprint density at radius 3 is 2.72 bits per heavy atom. The molecule has 0 amide bonds. The molecule has 92 valence electrons. The summed E-state index contributed by atoms with van der Waals surface area (Å²) < 4.78 is 18.3. The molecule has 7 heteroatoms. The highest BCUT2D eigenvalue weighted by Gasteiger charge is 2.15. The van der Waals surface area contributed by atoms with E-state index in [4.69, 9.17) is 21.4 Å². The molecule has 1 aromatic heterocycles. The first kappa shape index (κ1) is 12.3. The minimum Gasteiger partial charge on any atom is -0.476 e. The van der Waals surface area contributed by atoms with Gasteiger partial charge in [-0.05, 0) is 12.1 Å². The molecule has 1 N–H and O–H groups in total. The van der Waals surface area contributed by atoms with Crippen molar-refractivity contribution in [2.75, 3.05) is 0 Å². The smallest absolute Gasteiger partial charge is 0.360 e. The van der Waals surface area contributed by atoms with Gasteiger partial charge in [-0.25, -0.2) is 19.2 Å². The average molecular weight is 269 g/mol. The number of carbonyl (C=O) groups is 1. The van der Waals surface area contributed by atoms with Gasteiger partial charge in [-0.2, -0.15) is 0 Å². The van der Waals surface area contributed by atoms with Crippen LogP contribution >= 0.6 is 11.6 Å². The summed E-state index contributed by atoms with van der Waals surface area (Å²) in [5, 5.41) is 8.81. The van der Waals surface area contributed by atoms with E-state index in [-0.39, 0.29) is 22.3 Å². The van der Waals surface area contributed by atoms with E-state index in [1.807, 2.05) is 0 Å². The van der Waals surface area contributed by atoms with Gasteiger partial charge >= 0.3 is 5.97 Å². The number of carboxylic acid groups (broad SMARTS) is 1. The molecule has 0 aliphatic rings. The topological polar surface area (TPSA) is 72.3 Å². The van der Waals surface area contributed by atoms with Crippen molar-refractivity contribution in [3.8, 4) is 11.6 Å². The second-order valence-corrected chi connectivity index (χ2v) is 3.60. The third-order valence-electron chi connectivity index (χ3n) is 1.97. The molecule has 2 aromatic rings. The van der Waals surface area contributed by atoms with Gasteiger partial charge in [0.25, 0.3) is 5.88 Å². The van der Waals surface area contributed by atoms with Crippen molar-refractivity contribution >= 4 is 17.6 Å². The number of aromatic carboxylic acids is 1. The fourth-order valence-electron chi connectivity index (χ4n) is 1.20. The average Bonchev–Trinajstić information content (AvgIpc) is 2.34. The predicted octanol–water partition coefficient (Wildman–Crippen LogP) is 2.76. The highest BCUT2D eigenvalue weighted by molar-refractivity contribution is 6.30. The number of hydrogen-bond acceptors (Lipinski definition) is 4. The largest absolute Gasteiger partial charge is 0.476 e. The molecule has 1 aromatic carbocycles. The molecule has 2 rings (SSSR count). The summed E-state index contributed by atoms with van der Waals surface area (Å²) in [5.41, 5.74) is -0.354. The Morgan fingerprint density at radius 2 is 2.06 bits per heavy atom. The summed E-state index contributed by atoms with van der Waals surface area (Å²) in [6.07, 6.45) is 2.49. The number of hydrogen-bond donors (Lipinski definition) is 1. The van der Waals surface area contributed by atoms with Gasteiger partial charge in [0.15, 0.2) is 0 Å². The summed E-state index contributed by atoms with van der Waals surface area (Å²) in [6, 6.07) is 3.72. The lowest BCUT2D eigenvalue weighted by Gasteiger charge is -2.06. The molecule has 0 fully saturated rings. The van der Waals surface area contributed by atoms with Crippen molar-refractivity contribution in [3.63, 3.8) is 0 Å². The number of ether oxygens (including phenoxy) is 1. The zero-order valence-corrected chi connectivity index (χ0v) is 9.56. The molecule has 0 aliphatic heterocycles. The van der Waals surface area contributed by atoms with E-state index in [0.29, 0.717) is 0 Å². The van der Waals surface area contributed by atoms with Gasteiger partial charge in [0.2, 0.25) is 5.69 Å². The highest BCUT2D eigenvalue weighted by Crippen LogP contribution is 2.25. The monoisotopic (exact) mass is 268 g/mol. The Hall–Kier alpha value is -2.21. The minimum absolute atomic E-state index is 0.0556. The Balaban J connectivity index is 2.34. The van der Waals surface area contributed by atoms with Crippen LogP contribution in [0.5, 0.6) is 11.6 Å². The third-order valence-corrected chi connectivity index (χ3v) is 2.28. The van der Waals surface area contributed by atoms with Gasteiger partial charge in [-0.3, -0.25) is 0 Å². The normalized spacial score (nSPS) is 10.1. The van der Waals surface area contributed by atoms with Crippen molar-refractivity contribution < 1.29 is 19.0 Å². The van der Waals surface area contributed by atoms with Crippen LogP contribution < -0.4 is 4.74 Å². The number of nitrogens with zero attached hydrogens (tertiary/aromatic N) is 2. The summed E-state index contributed by atoms with van der Waals surface area (Å²) in [6.45, 7) is 0. The molecule has 0 atom stereocenters. The summed E-state index contributed by atoms with van der Waals surface area (Å²) in [7, 11) is 0. The molecule has 18 heavy (non-hydrogen) atoms. The maximum absolute atomic E-state index is 13.2. The van der Waals surface area contributed by atoms with E-state index in [1.54, 1.807) is 0 Å². The van der Waals surface area contributed by atoms with Crippen LogP contribution in [0.15, 0.2) is 30.6 Å². The van der Waals surface area contributed by atoms with Gasteiger partial charge in [-0.15, -0.1) is 0 Å². The van der Waals surface area contributed by atoms with Crippen LogP contribution in [-0.4, -0.2) is 21.0 Å². The number of carboxylic acids is 1. The van der Waals surface area contributed by atoms with E-state index in [1.165, 1.54) is 24.5 Å². The van der Waals surface area contributed by atoms with Crippen molar-refractivity contribution in [2.24, 2.45) is 0 Å². The molecule has 0 saturated carbocycles. The molecule has 0 saturated heterocycles. The summed E-state index contributed by atoms with van der Waals surface area (Å²) in [4.78, 5) is 18.2. The van der Waals surface area contributed by atoms with E-state index in [2.05, 4.69) is 9.97 Å². The number of benzene rings is 1. The maximum Gasteiger partial charge on any atom is 0.360 e. The van der Waals surface area contributed by atoms with Crippen LogP contribution in [-0.2, 0) is 0 Å². The lowest BCUT2D eigenvalue weighted by Crippen LogP contribution is -2.04. The first-order chi connectivity index (χ1) is 8.58. The molecule has 1 heterocycles. The van der Waals surface area contributed by atoms with Gasteiger partial charge in [-0.1, -0.05) is 11.6 Å². The predicted molar refractivity (Wildman–Crippen MR) is 60.5 cm³/mol. The second kappa shape index (κ2) is 4.97. The van der Waals surface area contributed by atoms with E-state index in [0.717, 1.165) is 6.07 Å². The fourth-order valence-corrected chi connectivity index (χ4v) is 1.32. The van der Waals surface area contributed by atoms with Crippen LogP contribution in [0.1, 0.15) is 10.5 Å². The van der Waals surface area contributed by atoms with Gasteiger partial charge in [0.05, 0.1) is 5.02 Å². The lowest BCUT2D eigenvalue weighted by atomic mass is 10.3. The number of rotatable bonds is 3. The van der Waals surface area contributed by atoms with Gasteiger partial charge in [0.1, 0.15) is 11.6 Å². The van der Waals surface area contributed by atoms with E-state index in [9.17, 15) is 9.18 Å². The molecular formula is C11H6ClFN2O3. The number of aromatic nitrogens is 2. The summed E-state index contributed by atoms with van der Waals surface area (Å²) >= 11 is 5.51. The second-order valence-electron chi connectivity index (χ2n) is 3.19. The van der Waals surface area contributed by atoms with Crippen LogP contribution in [0.4, 0.5) is 4.39 Å². The number of halogens is 2. The highest BCUT2D eigenvalue weighted by atomic mass is 35.5. The van der Waals surface area contributed by atoms with E-state index >= 15 is 0 Å². The molecule has 0 unspecified atom stereocenters. The Labute approximate surface area is 106 Å². The van der Waals surface area contributed by atoms with Crippen molar-refractivity contribution in [1.82, 2.24) is 9.97 Å². The zero-order chi connectivity index (χ0) is 13.1. The van der Waals surface area contributed by atoms with Crippen LogP contribution in [0.2, 0.25) is 5.02 Å². The Kier molecular flexibility index (Phi) is 3.38. The van der Waals surface area contributed by atoms with E-state index < -0.39 is 11.8 Å². The van der Waals surface area contributed by atoms with Crippen LogP contribution in [0.25, 0.3) is 0 Å². The standard InChI is InChI=1S/C11H6ClFN2O3/c12-7-2-1-6(5-8(7)13)18-10-9(11(16)17)14-3-4-15-10/h1-5H,(H,16,17). The molecule has 0 radical (unpaired) electrons. The first-order valence-corrected chi connectivity index (χ1v) is 5.13. The zero-order valence-electron chi connectivity index (χ0n) is 8.80.